The van der Waals surface area contributed by atoms with Crippen LogP contribution in [-0.4, -0.2) is 75.0 Å². The fourth-order valence-electron chi connectivity index (χ4n) is 4.02. The van der Waals surface area contributed by atoms with Crippen LogP contribution in [-0.2, 0) is 9.47 Å². The van der Waals surface area contributed by atoms with Gasteiger partial charge in [-0.25, -0.2) is 0 Å². The van der Waals surface area contributed by atoms with E-state index in [-0.39, 0.29) is 0 Å². The van der Waals surface area contributed by atoms with Gasteiger partial charge in [0.15, 0.2) is 5.96 Å². The molecule has 0 radical (unpaired) electrons. The van der Waals surface area contributed by atoms with Gasteiger partial charge < -0.3 is 25.0 Å². The summed E-state index contributed by atoms with van der Waals surface area (Å²) in [6.07, 6.45) is 10.9. The maximum atomic E-state index is 6.07. The van der Waals surface area contributed by atoms with Crippen LogP contribution in [0.25, 0.3) is 0 Å². The maximum Gasteiger partial charge on any atom is 0.191 e. The van der Waals surface area contributed by atoms with E-state index in [9.17, 15) is 0 Å². The Kier molecular flexibility index (Phi) is 11.9. The average Bonchev–Trinajstić information content (AvgIpc) is 2.95. The molecule has 1 heterocycles. The SMILES string of the molecule is CCNC(=NCCOC1CCCCCC1)NC1CCN(CCOC(C)C)CC1. The van der Waals surface area contributed by atoms with Crippen LogP contribution >= 0.6 is 0 Å². The van der Waals surface area contributed by atoms with Gasteiger partial charge in [0.2, 0.25) is 0 Å². The second-order valence-electron chi connectivity index (χ2n) is 8.42. The van der Waals surface area contributed by atoms with Crippen LogP contribution in [0.15, 0.2) is 4.99 Å². The van der Waals surface area contributed by atoms with E-state index in [1.54, 1.807) is 0 Å². The van der Waals surface area contributed by atoms with Crippen molar-refractivity contribution < 1.29 is 9.47 Å². The van der Waals surface area contributed by atoms with Crippen molar-refractivity contribution in [3.8, 4) is 0 Å². The molecule has 1 aliphatic heterocycles. The molecule has 2 N–H and O–H groups in total. The molecule has 0 bridgehead atoms. The number of hydrogen-bond acceptors (Lipinski definition) is 4. The van der Waals surface area contributed by atoms with Gasteiger partial charge in [-0.2, -0.15) is 0 Å². The molecule has 1 aliphatic carbocycles. The van der Waals surface area contributed by atoms with Gasteiger partial charge in [0.25, 0.3) is 0 Å². The van der Waals surface area contributed by atoms with Gasteiger partial charge in [-0.3, -0.25) is 4.99 Å². The molecule has 0 aromatic heterocycles. The van der Waals surface area contributed by atoms with E-state index in [2.05, 4.69) is 36.3 Å². The zero-order valence-corrected chi connectivity index (χ0v) is 18.5. The molecule has 2 aliphatic rings. The molecule has 28 heavy (non-hydrogen) atoms. The minimum absolute atomic E-state index is 0.324. The third-order valence-electron chi connectivity index (χ3n) is 5.65. The van der Waals surface area contributed by atoms with Gasteiger partial charge in [0.1, 0.15) is 0 Å². The monoisotopic (exact) mass is 396 g/mol. The highest BCUT2D eigenvalue weighted by Crippen LogP contribution is 2.19. The number of guanidine groups is 1. The summed E-state index contributed by atoms with van der Waals surface area (Å²) >= 11 is 0. The second kappa shape index (κ2) is 14.2. The fourth-order valence-corrected chi connectivity index (χ4v) is 4.02. The Labute approximate surface area is 172 Å². The molecule has 6 nitrogen and oxygen atoms in total. The van der Waals surface area contributed by atoms with E-state index < -0.39 is 0 Å². The molecule has 2 fully saturated rings. The van der Waals surface area contributed by atoms with Crippen molar-refractivity contribution in [1.29, 1.82) is 0 Å². The van der Waals surface area contributed by atoms with Crippen molar-refractivity contribution in [3.63, 3.8) is 0 Å². The normalized spacial score (nSPS) is 21.1. The van der Waals surface area contributed by atoms with Gasteiger partial charge >= 0.3 is 0 Å². The molecule has 164 valence electrons. The highest BCUT2D eigenvalue weighted by Gasteiger charge is 2.20. The van der Waals surface area contributed by atoms with Crippen molar-refractivity contribution >= 4 is 5.96 Å². The van der Waals surface area contributed by atoms with Crippen LogP contribution in [0.4, 0.5) is 0 Å². The Balaban J connectivity index is 1.64. The van der Waals surface area contributed by atoms with Crippen LogP contribution < -0.4 is 10.6 Å². The lowest BCUT2D eigenvalue weighted by molar-refractivity contribution is 0.0486. The first-order chi connectivity index (χ1) is 13.7. The number of hydrogen-bond donors (Lipinski definition) is 2. The summed E-state index contributed by atoms with van der Waals surface area (Å²) in [5.41, 5.74) is 0. The van der Waals surface area contributed by atoms with Crippen molar-refractivity contribution in [3.05, 3.63) is 0 Å². The van der Waals surface area contributed by atoms with Gasteiger partial charge in [-0.05, 0) is 46.5 Å². The Hall–Kier alpha value is -0.850. The van der Waals surface area contributed by atoms with Gasteiger partial charge in [-0.15, -0.1) is 0 Å². The Morgan fingerprint density at radius 2 is 1.75 bits per heavy atom. The number of ether oxygens (including phenoxy) is 2. The fraction of sp³-hybridized carbons (Fsp3) is 0.955. The van der Waals surface area contributed by atoms with Crippen molar-refractivity contribution in [2.75, 3.05) is 45.9 Å². The van der Waals surface area contributed by atoms with Crippen LogP contribution in [0.2, 0.25) is 0 Å². The summed E-state index contributed by atoms with van der Waals surface area (Å²) < 4.78 is 11.7. The molecule has 0 atom stereocenters. The summed E-state index contributed by atoms with van der Waals surface area (Å²) in [6, 6.07) is 0.503. The van der Waals surface area contributed by atoms with E-state index in [0.29, 0.717) is 18.2 Å². The molecule has 1 saturated heterocycles. The Morgan fingerprint density at radius 3 is 2.39 bits per heavy atom. The van der Waals surface area contributed by atoms with Crippen molar-refractivity contribution in [1.82, 2.24) is 15.5 Å². The minimum atomic E-state index is 0.324. The first-order valence-electron chi connectivity index (χ1n) is 11.7. The third kappa shape index (κ3) is 10.1. The topological polar surface area (TPSA) is 58.1 Å². The Bertz CT molecular complexity index is 415. The van der Waals surface area contributed by atoms with E-state index in [1.165, 1.54) is 38.5 Å². The molecule has 0 aromatic rings. The molecule has 0 aromatic carbocycles. The smallest absolute Gasteiger partial charge is 0.191 e. The quantitative estimate of drug-likeness (QED) is 0.257. The predicted molar refractivity (Wildman–Crippen MR) is 117 cm³/mol. The predicted octanol–water partition coefficient (Wildman–Crippen LogP) is 3.17. The van der Waals surface area contributed by atoms with Crippen LogP contribution in [0.1, 0.15) is 72.1 Å². The van der Waals surface area contributed by atoms with E-state index in [1.807, 2.05) is 0 Å². The largest absolute Gasteiger partial charge is 0.377 e. The molecule has 0 unspecified atom stereocenters. The Morgan fingerprint density at radius 1 is 1.04 bits per heavy atom. The molecular weight excluding hydrogens is 352 g/mol. The number of aliphatic imine (C=N–C) groups is 1. The summed E-state index contributed by atoms with van der Waals surface area (Å²) in [7, 11) is 0. The van der Waals surface area contributed by atoms with Crippen molar-refractivity contribution in [2.45, 2.75) is 90.4 Å². The molecule has 6 heteroatoms. The van der Waals surface area contributed by atoms with Crippen molar-refractivity contribution in [2.24, 2.45) is 4.99 Å². The zero-order chi connectivity index (χ0) is 20.0. The number of nitrogens with zero attached hydrogens (tertiary/aromatic N) is 2. The number of likely N-dealkylation sites (tertiary alicyclic amines) is 1. The molecular formula is C22H44N4O2. The summed E-state index contributed by atoms with van der Waals surface area (Å²) in [5, 5.41) is 7.01. The average molecular weight is 397 g/mol. The molecule has 2 rings (SSSR count). The molecule has 0 amide bonds. The van der Waals surface area contributed by atoms with Crippen LogP contribution in [0, 0.1) is 0 Å². The summed E-state index contributed by atoms with van der Waals surface area (Å²) in [6.45, 7) is 12.8. The summed E-state index contributed by atoms with van der Waals surface area (Å²) in [4.78, 5) is 7.24. The first kappa shape index (κ1) is 23.4. The van der Waals surface area contributed by atoms with E-state index >= 15 is 0 Å². The first-order valence-corrected chi connectivity index (χ1v) is 11.7. The number of piperidine rings is 1. The molecule has 0 spiro atoms. The molecule has 1 saturated carbocycles. The van der Waals surface area contributed by atoms with Gasteiger partial charge in [0, 0.05) is 32.2 Å². The van der Waals surface area contributed by atoms with Crippen LogP contribution in [0.5, 0.6) is 0 Å². The number of rotatable bonds is 10. The van der Waals surface area contributed by atoms with E-state index in [4.69, 9.17) is 14.5 Å². The highest BCUT2D eigenvalue weighted by molar-refractivity contribution is 5.80. The number of nitrogens with one attached hydrogen (secondary N) is 2. The lowest BCUT2D eigenvalue weighted by Gasteiger charge is -2.33. The second-order valence-corrected chi connectivity index (χ2v) is 8.42. The van der Waals surface area contributed by atoms with Crippen LogP contribution in [0.3, 0.4) is 0 Å². The minimum Gasteiger partial charge on any atom is -0.377 e. The zero-order valence-electron chi connectivity index (χ0n) is 18.5. The lowest BCUT2D eigenvalue weighted by atomic mass is 10.1. The highest BCUT2D eigenvalue weighted by atomic mass is 16.5. The van der Waals surface area contributed by atoms with Gasteiger partial charge in [-0.1, -0.05) is 25.7 Å². The maximum absolute atomic E-state index is 6.07. The lowest BCUT2D eigenvalue weighted by Crippen LogP contribution is -2.49. The standard InChI is InChI=1S/C22H44N4O2/c1-4-23-22(24-13-17-28-21-9-7-5-6-8-10-21)25-20-11-14-26(15-12-20)16-18-27-19(2)3/h19-21H,4-18H2,1-3H3,(H2,23,24,25). The summed E-state index contributed by atoms with van der Waals surface area (Å²) in [5.74, 6) is 0.938. The van der Waals surface area contributed by atoms with E-state index in [0.717, 1.165) is 64.7 Å². The third-order valence-corrected chi connectivity index (χ3v) is 5.65. The van der Waals surface area contributed by atoms with Gasteiger partial charge in [0.05, 0.1) is 32.0 Å².